The number of halogens is 2. The summed E-state index contributed by atoms with van der Waals surface area (Å²) in [7, 11) is 0. The van der Waals surface area contributed by atoms with Crippen molar-refractivity contribution >= 4 is 39.1 Å². The number of aromatic nitrogens is 2. The number of thiocarbonyl (C=S) groups is 1. The summed E-state index contributed by atoms with van der Waals surface area (Å²) in [4.78, 5) is 8.15. The lowest BCUT2D eigenvalue weighted by Crippen LogP contribution is -2.31. The standard InChI is InChI=1S/C15H16BrFN4OS/c1-2-22-12-5-3-4-11(17)10(12)6-7-20-15(23)21-14-13(16)18-8-9-19-14/h3-5,8-9H,2,6-7H2,1H3,(H2,19,20,21,23). The van der Waals surface area contributed by atoms with E-state index in [0.717, 1.165) is 0 Å². The van der Waals surface area contributed by atoms with Crippen LogP contribution in [0.4, 0.5) is 10.2 Å². The maximum Gasteiger partial charge on any atom is 0.172 e. The van der Waals surface area contributed by atoms with Crippen molar-refractivity contribution in [3.8, 4) is 5.75 Å². The lowest BCUT2D eigenvalue weighted by molar-refractivity contribution is 0.333. The quantitative estimate of drug-likeness (QED) is 0.727. The third-order valence-corrected chi connectivity index (χ3v) is 3.75. The van der Waals surface area contributed by atoms with Gasteiger partial charge in [-0.3, -0.25) is 0 Å². The van der Waals surface area contributed by atoms with Crippen LogP contribution in [0.2, 0.25) is 0 Å². The van der Waals surface area contributed by atoms with Gasteiger partial charge in [-0.1, -0.05) is 6.07 Å². The van der Waals surface area contributed by atoms with Crippen molar-refractivity contribution in [3.63, 3.8) is 0 Å². The molecule has 0 fully saturated rings. The molecule has 1 heterocycles. The topological polar surface area (TPSA) is 59.1 Å². The van der Waals surface area contributed by atoms with Crippen molar-refractivity contribution < 1.29 is 9.13 Å². The SMILES string of the molecule is CCOc1cccc(F)c1CCNC(=S)Nc1nccnc1Br. The van der Waals surface area contributed by atoms with E-state index in [1.807, 2.05) is 6.92 Å². The molecule has 2 aromatic rings. The second kappa shape index (κ2) is 8.73. The van der Waals surface area contributed by atoms with E-state index < -0.39 is 0 Å². The highest BCUT2D eigenvalue weighted by atomic mass is 79.9. The van der Waals surface area contributed by atoms with Crippen molar-refractivity contribution in [2.75, 3.05) is 18.5 Å². The van der Waals surface area contributed by atoms with Gasteiger partial charge < -0.3 is 15.4 Å². The Morgan fingerprint density at radius 3 is 2.87 bits per heavy atom. The molecule has 0 bridgehead atoms. The van der Waals surface area contributed by atoms with Gasteiger partial charge in [-0.25, -0.2) is 14.4 Å². The van der Waals surface area contributed by atoms with Gasteiger partial charge in [0.25, 0.3) is 0 Å². The highest BCUT2D eigenvalue weighted by Crippen LogP contribution is 2.22. The molecule has 8 heteroatoms. The van der Waals surface area contributed by atoms with Crippen molar-refractivity contribution in [1.82, 2.24) is 15.3 Å². The third kappa shape index (κ3) is 5.11. The number of anilines is 1. The molecule has 0 spiro atoms. The van der Waals surface area contributed by atoms with Crippen LogP contribution in [0.3, 0.4) is 0 Å². The van der Waals surface area contributed by atoms with Crippen LogP contribution in [0.1, 0.15) is 12.5 Å². The second-order valence-corrected chi connectivity index (χ2v) is 5.64. The summed E-state index contributed by atoms with van der Waals surface area (Å²) >= 11 is 8.47. The fourth-order valence-corrected chi connectivity index (χ4v) is 2.45. The van der Waals surface area contributed by atoms with Crippen LogP contribution in [0.25, 0.3) is 0 Å². The number of hydrogen-bond acceptors (Lipinski definition) is 4. The van der Waals surface area contributed by atoms with E-state index in [1.165, 1.54) is 6.07 Å². The molecule has 1 aromatic carbocycles. The van der Waals surface area contributed by atoms with Gasteiger partial charge in [-0.15, -0.1) is 0 Å². The predicted octanol–water partition coefficient (Wildman–Crippen LogP) is 3.31. The Morgan fingerprint density at radius 1 is 1.35 bits per heavy atom. The van der Waals surface area contributed by atoms with E-state index >= 15 is 0 Å². The lowest BCUT2D eigenvalue weighted by atomic mass is 10.1. The minimum atomic E-state index is -0.284. The van der Waals surface area contributed by atoms with Crippen LogP contribution in [-0.2, 0) is 6.42 Å². The first kappa shape index (κ1) is 17.6. The van der Waals surface area contributed by atoms with E-state index in [0.29, 0.717) is 46.4 Å². The van der Waals surface area contributed by atoms with Gasteiger partial charge in [0.1, 0.15) is 16.2 Å². The third-order valence-electron chi connectivity index (χ3n) is 2.92. The number of nitrogens with zero attached hydrogens (tertiary/aromatic N) is 2. The van der Waals surface area contributed by atoms with Crippen LogP contribution in [-0.4, -0.2) is 28.2 Å². The highest BCUT2D eigenvalue weighted by Gasteiger charge is 2.10. The molecule has 0 aliphatic carbocycles. The first-order valence-electron chi connectivity index (χ1n) is 7.03. The smallest absolute Gasteiger partial charge is 0.172 e. The molecule has 0 saturated heterocycles. The highest BCUT2D eigenvalue weighted by molar-refractivity contribution is 9.10. The van der Waals surface area contributed by atoms with Crippen LogP contribution in [0.15, 0.2) is 35.2 Å². The monoisotopic (exact) mass is 398 g/mol. The van der Waals surface area contributed by atoms with Crippen molar-refractivity contribution in [2.45, 2.75) is 13.3 Å². The normalized spacial score (nSPS) is 10.2. The van der Waals surface area contributed by atoms with Gasteiger partial charge in [0.15, 0.2) is 10.9 Å². The van der Waals surface area contributed by atoms with Crippen LogP contribution in [0.5, 0.6) is 5.75 Å². The first-order chi connectivity index (χ1) is 11.1. The molecule has 1 aromatic heterocycles. The van der Waals surface area contributed by atoms with Gasteiger partial charge in [-0.05, 0) is 53.6 Å². The zero-order valence-electron chi connectivity index (χ0n) is 12.5. The Balaban J connectivity index is 1.90. The van der Waals surface area contributed by atoms with Gasteiger partial charge in [-0.2, -0.15) is 0 Å². The Kier molecular flexibility index (Phi) is 6.66. The van der Waals surface area contributed by atoms with Gasteiger partial charge >= 0.3 is 0 Å². The maximum absolute atomic E-state index is 13.9. The van der Waals surface area contributed by atoms with E-state index in [1.54, 1.807) is 24.5 Å². The number of hydrogen-bond donors (Lipinski definition) is 2. The molecular weight excluding hydrogens is 383 g/mol. The zero-order chi connectivity index (χ0) is 16.7. The van der Waals surface area contributed by atoms with Gasteiger partial charge in [0.2, 0.25) is 0 Å². The Hall–Kier alpha value is -1.80. The number of rotatable bonds is 6. The predicted molar refractivity (Wildman–Crippen MR) is 95.2 cm³/mol. The minimum Gasteiger partial charge on any atom is -0.493 e. The van der Waals surface area contributed by atoms with Crippen LogP contribution < -0.4 is 15.4 Å². The Labute approximate surface area is 147 Å². The van der Waals surface area contributed by atoms with Gasteiger partial charge in [0.05, 0.1) is 6.61 Å². The summed E-state index contributed by atoms with van der Waals surface area (Å²) in [6.07, 6.45) is 3.58. The minimum absolute atomic E-state index is 0.284. The molecule has 0 saturated carbocycles. The van der Waals surface area contributed by atoms with Crippen molar-refractivity contribution in [3.05, 3.63) is 46.6 Å². The molecule has 0 atom stereocenters. The molecular formula is C15H16BrFN4OS. The molecule has 5 nitrogen and oxygen atoms in total. The summed E-state index contributed by atoms with van der Waals surface area (Å²) < 4.78 is 19.9. The molecule has 2 rings (SSSR count). The van der Waals surface area contributed by atoms with Gasteiger partial charge in [0, 0.05) is 24.5 Å². The number of ether oxygens (including phenoxy) is 1. The molecule has 0 aliphatic rings. The first-order valence-corrected chi connectivity index (χ1v) is 8.23. The Morgan fingerprint density at radius 2 is 2.13 bits per heavy atom. The van der Waals surface area contributed by atoms with E-state index in [2.05, 4.69) is 36.5 Å². The Bertz CT molecular complexity index is 686. The molecule has 23 heavy (non-hydrogen) atoms. The largest absolute Gasteiger partial charge is 0.493 e. The molecule has 122 valence electrons. The number of nitrogens with one attached hydrogen (secondary N) is 2. The van der Waals surface area contributed by atoms with E-state index in [4.69, 9.17) is 17.0 Å². The molecule has 0 aliphatic heterocycles. The van der Waals surface area contributed by atoms with Crippen molar-refractivity contribution in [2.24, 2.45) is 0 Å². The fraction of sp³-hybridized carbons (Fsp3) is 0.267. The molecule has 2 N–H and O–H groups in total. The summed E-state index contributed by atoms with van der Waals surface area (Å²) in [6, 6.07) is 4.81. The molecule has 0 unspecified atom stereocenters. The fourth-order valence-electron chi connectivity index (χ4n) is 1.93. The summed E-state index contributed by atoms with van der Waals surface area (Å²) in [5.41, 5.74) is 0.533. The zero-order valence-corrected chi connectivity index (χ0v) is 14.9. The van der Waals surface area contributed by atoms with Crippen LogP contribution >= 0.6 is 28.1 Å². The maximum atomic E-state index is 13.9. The summed E-state index contributed by atoms with van der Waals surface area (Å²) in [5.74, 6) is 0.795. The van der Waals surface area contributed by atoms with Crippen molar-refractivity contribution in [1.29, 1.82) is 0 Å². The average Bonchev–Trinajstić information content (AvgIpc) is 2.52. The number of benzene rings is 1. The summed E-state index contributed by atoms with van der Waals surface area (Å²) in [6.45, 7) is 2.82. The molecule has 0 radical (unpaired) electrons. The average molecular weight is 399 g/mol. The molecule has 0 amide bonds. The van der Waals surface area contributed by atoms with Crippen LogP contribution in [0, 0.1) is 5.82 Å². The lowest BCUT2D eigenvalue weighted by Gasteiger charge is -2.13. The second-order valence-electron chi connectivity index (χ2n) is 4.48. The summed E-state index contributed by atoms with van der Waals surface area (Å²) in [5, 5.41) is 6.33. The van der Waals surface area contributed by atoms with E-state index in [-0.39, 0.29) is 5.82 Å². The van der Waals surface area contributed by atoms with E-state index in [9.17, 15) is 4.39 Å².